The molecule has 116 valence electrons. The Labute approximate surface area is 123 Å². The van der Waals surface area contributed by atoms with Crippen molar-refractivity contribution in [3.8, 4) is 0 Å². The summed E-state index contributed by atoms with van der Waals surface area (Å²) in [4.78, 5) is 0. The molecule has 0 unspecified atom stereocenters. The number of rotatable bonds is 7. The van der Waals surface area contributed by atoms with Gasteiger partial charge in [0.1, 0.15) is 0 Å². The highest BCUT2D eigenvalue weighted by Gasteiger charge is 2.29. The fourth-order valence-corrected chi connectivity index (χ4v) is 1.78. The highest BCUT2D eigenvalue weighted by atomic mass is 19.4. The van der Waals surface area contributed by atoms with E-state index < -0.39 is 11.7 Å². The largest absolute Gasteiger partial charge is 0.416 e. The standard InChI is InChI=1S/C16H21F3N2/c1-3-4-5-6-15(20)12(2)21-11-13-7-9-14(10-8-13)16(17,18)19/h3,7-10,21H,1,4-6,11,20H2,2H3/b15-12-. The summed E-state index contributed by atoms with van der Waals surface area (Å²) < 4.78 is 37.3. The molecule has 21 heavy (non-hydrogen) atoms. The maximum Gasteiger partial charge on any atom is 0.416 e. The van der Waals surface area contributed by atoms with Crippen molar-refractivity contribution in [2.75, 3.05) is 0 Å². The molecule has 1 rings (SSSR count). The topological polar surface area (TPSA) is 38.0 Å². The lowest BCUT2D eigenvalue weighted by Crippen LogP contribution is -2.16. The van der Waals surface area contributed by atoms with Crippen LogP contribution in [0.25, 0.3) is 0 Å². The summed E-state index contributed by atoms with van der Waals surface area (Å²) in [6.07, 6.45) is 0.176. The van der Waals surface area contributed by atoms with Crippen molar-refractivity contribution in [1.82, 2.24) is 5.32 Å². The first-order valence-electron chi connectivity index (χ1n) is 6.80. The Bertz CT molecular complexity index is 487. The first-order chi connectivity index (χ1) is 9.84. The predicted octanol–water partition coefficient (Wildman–Crippen LogP) is 4.34. The van der Waals surface area contributed by atoms with Crippen LogP contribution in [0.5, 0.6) is 0 Å². The van der Waals surface area contributed by atoms with E-state index in [0.717, 1.165) is 48.4 Å². The van der Waals surface area contributed by atoms with Crippen molar-refractivity contribution in [2.24, 2.45) is 5.73 Å². The normalized spacial score (nSPS) is 12.8. The Morgan fingerprint density at radius 1 is 1.29 bits per heavy atom. The molecule has 0 saturated carbocycles. The highest BCUT2D eigenvalue weighted by Crippen LogP contribution is 2.29. The van der Waals surface area contributed by atoms with Gasteiger partial charge in [-0.15, -0.1) is 6.58 Å². The Morgan fingerprint density at radius 2 is 1.90 bits per heavy atom. The van der Waals surface area contributed by atoms with E-state index in [0.29, 0.717) is 6.54 Å². The third kappa shape index (κ3) is 5.94. The molecule has 2 nitrogen and oxygen atoms in total. The third-order valence-corrected chi connectivity index (χ3v) is 3.17. The van der Waals surface area contributed by atoms with Crippen LogP contribution in [0.2, 0.25) is 0 Å². The lowest BCUT2D eigenvalue weighted by Gasteiger charge is -2.12. The lowest BCUT2D eigenvalue weighted by atomic mass is 10.1. The number of unbranched alkanes of at least 4 members (excludes halogenated alkanes) is 1. The summed E-state index contributed by atoms with van der Waals surface area (Å²) in [6, 6.07) is 5.11. The summed E-state index contributed by atoms with van der Waals surface area (Å²) in [5.74, 6) is 0. The summed E-state index contributed by atoms with van der Waals surface area (Å²) in [6.45, 7) is 5.97. The first kappa shape index (κ1) is 17.1. The minimum Gasteiger partial charge on any atom is -0.401 e. The molecule has 5 heteroatoms. The van der Waals surface area contributed by atoms with Crippen molar-refractivity contribution in [3.05, 3.63) is 59.4 Å². The summed E-state index contributed by atoms with van der Waals surface area (Å²) >= 11 is 0. The Balaban J connectivity index is 2.54. The second-order valence-corrected chi connectivity index (χ2v) is 4.88. The Hall–Kier alpha value is -1.91. The van der Waals surface area contributed by atoms with Gasteiger partial charge in [-0.2, -0.15) is 13.2 Å². The summed E-state index contributed by atoms with van der Waals surface area (Å²) in [5.41, 5.74) is 7.71. The van der Waals surface area contributed by atoms with Crippen LogP contribution >= 0.6 is 0 Å². The van der Waals surface area contributed by atoms with Gasteiger partial charge in [0.25, 0.3) is 0 Å². The zero-order valence-corrected chi connectivity index (χ0v) is 12.1. The van der Waals surface area contributed by atoms with Gasteiger partial charge in [0.05, 0.1) is 5.56 Å². The lowest BCUT2D eigenvalue weighted by molar-refractivity contribution is -0.137. The van der Waals surface area contributed by atoms with Crippen LogP contribution < -0.4 is 11.1 Å². The van der Waals surface area contributed by atoms with Gasteiger partial charge in [0, 0.05) is 17.9 Å². The molecule has 0 heterocycles. The number of allylic oxidation sites excluding steroid dienone is 3. The molecule has 0 atom stereocenters. The van der Waals surface area contributed by atoms with Gasteiger partial charge in [-0.05, 0) is 43.9 Å². The summed E-state index contributed by atoms with van der Waals surface area (Å²) in [7, 11) is 0. The molecule has 1 aromatic carbocycles. The van der Waals surface area contributed by atoms with Crippen molar-refractivity contribution in [1.29, 1.82) is 0 Å². The van der Waals surface area contributed by atoms with E-state index in [2.05, 4.69) is 11.9 Å². The molecule has 0 aliphatic heterocycles. The van der Waals surface area contributed by atoms with Crippen LogP contribution in [0.1, 0.15) is 37.3 Å². The van der Waals surface area contributed by atoms with Crippen LogP contribution in [-0.2, 0) is 12.7 Å². The SMILES string of the molecule is C=CCCC/C(N)=C(\C)NCc1ccc(C(F)(F)F)cc1. The van der Waals surface area contributed by atoms with Crippen molar-refractivity contribution in [2.45, 2.75) is 38.9 Å². The van der Waals surface area contributed by atoms with E-state index in [1.165, 1.54) is 12.1 Å². The van der Waals surface area contributed by atoms with E-state index >= 15 is 0 Å². The monoisotopic (exact) mass is 298 g/mol. The highest BCUT2D eigenvalue weighted by molar-refractivity contribution is 5.25. The zero-order chi connectivity index (χ0) is 15.9. The Kier molecular flexibility index (Phi) is 6.34. The van der Waals surface area contributed by atoms with Crippen LogP contribution in [0.15, 0.2) is 48.3 Å². The maximum atomic E-state index is 12.4. The number of hydrogen-bond donors (Lipinski definition) is 2. The molecule has 0 aliphatic rings. The van der Waals surface area contributed by atoms with E-state index in [-0.39, 0.29) is 0 Å². The van der Waals surface area contributed by atoms with Gasteiger partial charge in [0.15, 0.2) is 0 Å². The number of halogens is 3. The van der Waals surface area contributed by atoms with Crippen LogP contribution in [0, 0.1) is 0 Å². The molecule has 0 aromatic heterocycles. The van der Waals surface area contributed by atoms with Gasteiger partial charge in [-0.25, -0.2) is 0 Å². The van der Waals surface area contributed by atoms with Gasteiger partial charge < -0.3 is 11.1 Å². The smallest absolute Gasteiger partial charge is 0.401 e. The molecule has 0 spiro atoms. The molecule has 0 fully saturated rings. The number of alkyl halides is 3. The molecule has 0 amide bonds. The molecular formula is C16H21F3N2. The fraction of sp³-hybridized carbons (Fsp3) is 0.375. The number of benzene rings is 1. The molecule has 0 saturated heterocycles. The van der Waals surface area contributed by atoms with Crippen LogP contribution in [-0.4, -0.2) is 0 Å². The quantitative estimate of drug-likeness (QED) is 0.580. The van der Waals surface area contributed by atoms with Gasteiger partial charge in [0.2, 0.25) is 0 Å². The maximum absolute atomic E-state index is 12.4. The Morgan fingerprint density at radius 3 is 2.43 bits per heavy atom. The van der Waals surface area contributed by atoms with E-state index in [1.807, 2.05) is 13.0 Å². The predicted molar refractivity (Wildman–Crippen MR) is 79.2 cm³/mol. The van der Waals surface area contributed by atoms with Crippen molar-refractivity contribution >= 4 is 0 Å². The van der Waals surface area contributed by atoms with Crippen molar-refractivity contribution in [3.63, 3.8) is 0 Å². The molecule has 1 aromatic rings. The van der Waals surface area contributed by atoms with Crippen LogP contribution in [0.4, 0.5) is 13.2 Å². The average molecular weight is 298 g/mol. The second-order valence-electron chi connectivity index (χ2n) is 4.88. The average Bonchev–Trinajstić information content (AvgIpc) is 2.44. The molecule has 0 aliphatic carbocycles. The van der Waals surface area contributed by atoms with Gasteiger partial charge in [-0.3, -0.25) is 0 Å². The van der Waals surface area contributed by atoms with E-state index in [9.17, 15) is 13.2 Å². The van der Waals surface area contributed by atoms with E-state index in [4.69, 9.17) is 5.73 Å². The summed E-state index contributed by atoms with van der Waals surface area (Å²) in [5, 5.41) is 3.13. The molecule has 0 bridgehead atoms. The molecule has 0 radical (unpaired) electrons. The first-order valence-corrected chi connectivity index (χ1v) is 6.80. The van der Waals surface area contributed by atoms with Crippen molar-refractivity contribution < 1.29 is 13.2 Å². The van der Waals surface area contributed by atoms with Gasteiger partial charge in [-0.1, -0.05) is 18.2 Å². The fourth-order valence-electron chi connectivity index (χ4n) is 1.78. The number of hydrogen-bond acceptors (Lipinski definition) is 2. The van der Waals surface area contributed by atoms with Crippen LogP contribution in [0.3, 0.4) is 0 Å². The number of nitrogens with two attached hydrogens (primary N) is 1. The minimum atomic E-state index is -4.29. The molecule has 3 N–H and O–H groups in total. The van der Waals surface area contributed by atoms with Gasteiger partial charge >= 0.3 is 6.18 Å². The second kappa shape index (κ2) is 7.76. The third-order valence-electron chi connectivity index (χ3n) is 3.17. The number of nitrogens with one attached hydrogen (secondary N) is 1. The van der Waals surface area contributed by atoms with E-state index in [1.54, 1.807) is 0 Å². The minimum absolute atomic E-state index is 0.451. The zero-order valence-electron chi connectivity index (χ0n) is 12.1. The molecular weight excluding hydrogens is 277 g/mol.